The average molecular weight is 825 g/mol. The van der Waals surface area contributed by atoms with Crippen molar-refractivity contribution < 1.29 is 0 Å². The summed E-state index contributed by atoms with van der Waals surface area (Å²) in [6.07, 6.45) is 2.41. The van der Waals surface area contributed by atoms with E-state index < -0.39 is 0 Å². The van der Waals surface area contributed by atoms with E-state index in [1.165, 1.54) is 112 Å². The molecule has 0 bridgehead atoms. The molecule has 2 nitrogen and oxygen atoms in total. The first-order valence-corrected chi connectivity index (χ1v) is 23.7. The van der Waals surface area contributed by atoms with Crippen molar-refractivity contribution in [1.29, 1.82) is 0 Å². The molecule has 1 aromatic heterocycles. The SMILES string of the molecule is Cc1cc2c3c(c1)N(c1ccc(C(C)(C)C)cc1)c1sc4cc5c(cc4c1B3c1ccc(C(C)(C)C)cc1N2c1cc(C(C)(C)C)cc(C(C)(C)C)c1)C(C)(C)CCC5(C)C. The standard InChI is InChI=1S/C57H69BN2S/c1-34-26-46-50-47(27-34)60(39-21-18-35(19-22-39)52(2,3)4)51-49(41-32-42-43(33-48(41)61-51)57(16,17)25-24-56(42,14)15)58(50)44-23-20-36(53(5,6)7)31-45(44)59(46)40-29-37(54(8,9)10)28-38(30-40)55(11,12)13/h18-23,26-33H,24-25H2,1-17H3. The molecular formula is C57H69BN2S. The normalized spacial score (nSPS) is 17.0. The van der Waals surface area contributed by atoms with Gasteiger partial charge in [-0.1, -0.05) is 141 Å². The number of fused-ring (bicyclic) bond motifs is 7. The molecule has 3 heterocycles. The molecule has 0 saturated heterocycles. The van der Waals surface area contributed by atoms with Crippen molar-refractivity contribution in [1.82, 2.24) is 0 Å². The first-order chi connectivity index (χ1) is 28.1. The second kappa shape index (κ2) is 13.4. The summed E-state index contributed by atoms with van der Waals surface area (Å²) in [6.45, 7) is 40.4. The number of rotatable bonds is 2. The van der Waals surface area contributed by atoms with Crippen LogP contribution in [0.3, 0.4) is 0 Å². The largest absolute Gasteiger partial charge is 0.311 e. The maximum absolute atomic E-state index is 2.66. The third-order valence-electron chi connectivity index (χ3n) is 14.6. The molecule has 4 heteroatoms. The van der Waals surface area contributed by atoms with Crippen LogP contribution in [0.2, 0.25) is 0 Å². The van der Waals surface area contributed by atoms with Crippen LogP contribution in [0.15, 0.2) is 84.9 Å². The maximum atomic E-state index is 2.66. The summed E-state index contributed by atoms with van der Waals surface area (Å²) in [5.41, 5.74) is 20.7. The summed E-state index contributed by atoms with van der Waals surface area (Å²) < 4.78 is 1.40. The van der Waals surface area contributed by atoms with Crippen LogP contribution in [-0.4, -0.2) is 6.71 Å². The fourth-order valence-electron chi connectivity index (χ4n) is 10.4. The van der Waals surface area contributed by atoms with Gasteiger partial charge in [0.15, 0.2) is 0 Å². The van der Waals surface area contributed by atoms with Gasteiger partial charge in [-0.25, -0.2) is 0 Å². The highest BCUT2D eigenvalue weighted by atomic mass is 32.1. The van der Waals surface area contributed by atoms with Crippen molar-refractivity contribution >= 4 is 78.0 Å². The van der Waals surface area contributed by atoms with Crippen LogP contribution in [0, 0.1) is 6.92 Å². The summed E-state index contributed by atoms with van der Waals surface area (Å²) in [6, 6.07) is 34.6. The quantitative estimate of drug-likeness (QED) is 0.160. The molecule has 61 heavy (non-hydrogen) atoms. The maximum Gasteiger partial charge on any atom is 0.254 e. The van der Waals surface area contributed by atoms with Gasteiger partial charge >= 0.3 is 0 Å². The average Bonchev–Trinajstić information content (AvgIpc) is 3.52. The van der Waals surface area contributed by atoms with Crippen LogP contribution in [0.1, 0.15) is 163 Å². The number of aryl methyl sites for hydroxylation is 1. The van der Waals surface area contributed by atoms with Gasteiger partial charge in [-0.3, -0.25) is 0 Å². The van der Waals surface area contributed by atoms with E-state index in [0.29, 0.717) is 0 Å². The topological polar surface area (TPSA) is 6.48 Å². The van der Waals surface area contributed by atoms with Crippen LogP contribution in [0.25, 0.3) is 10.1 Å². The van der Waals surface area contributed by atoms with Crippen molar-refractivity contribution in [3.05, 3.63) is 124 Å². The smallest absolute Gasteiger partial charge is 0.254 e. The Kier molecular flexibility index (Phi) is 9.22. The van der Waals surface area contributed by atoms with E-state index >= 15 is 0 Å². The highest BCUT2D eigenvalue weighted by Gasteiger charge is 2.47. The van der Waals surface area contributed by atoms with Crippen LogP contribution in [-0.2, 0) is 32.5 Å². The summed E-state index contributed by atoms with van der Waals surface area (Å²) in [5, 5.41) is 2.78. The van der Waals surface area contributed by atoms with Gasteiger partial charge in [0.1, 0.15) is 0 Å². The second-order valence-electron chi connectivity index (χ2n) is 24.4. The van der Waals surface area contributed by atoms with Gasteiger partial charge in [-0.2, -0.15) is 0 Å². The van der Waals surface area contributed by atoms with Crippen LogP contribution in [0.4, 0.5) is 33.4 Å². The first kappa shape index (κ1) is 42.0. The number of nitrogens with zero attached hydrogens (tertiary/aromatic N) is 2. The summed E-state index contributed by atoms with van der Waals surface area (Å²) in [5.74, 6) is 0. The van der Waals surface area contributed by atoms with E-state index in [0.717, 1.165) is 0 Å². The molecule has 3 aliphatic rings. The van der Waals surface area contributed by atoms with E-state index in [1.807, 2.05) is 11.3 Å². The lowest BCUT2D eigenvalue weighted by Gasteiger charge is -2.44. The molecule has 6 aromatic rings. The second-order valence-corrected chi connectivity index (χ2v) is 25.4. The van der Waals surface area contributed by atoms with Gasteiger partial charge < -0.3 is 9.80 Å². The van der Waals surface area contributed by atoms with E-state index in [-0.39, 0.29) is 39.2 Å². The first-order valence-electron chi connectivity index (χ1n) is 22.9. The van der Waals surface area contributed by atoms with E-state index in [1.54, 1.807) is 0 Å². The van der Waals surface area contributed by atoms with Crippen molar-refractivity contribution in [3.63, 3.8) is 0 Å². The van der Waals surface area contributed by atoms with Gasteiger partial charge in [-0.05, 0) is 168 Å². The Morgan fingerprint density at radius 2 is 1.00 bits per heavy atom. The molecule has 0 atom stereocenters. The molecular weight excluding hydrogens is 756 g/mol. The molecule has 2 aliphatic heterocycles. The molecule has 0 unspecified atom stereocenters. The van der Waals surface area contributed by atoms with Gasteiger partial charge in [0.25, 0.3) is 6.71 Å². The van der Waals surface area contributed by atoms with Crippen molar-refractivity contribution in [2.24, 2.45) is 0 Å². The number of benzene rings is 5. The Morgan fingerprint density at radius 1 is 0.492 bits per heavy atom. The zero-order valence-electron chi connectivity index (χ0n) is 40.4. The van der Waals surface area contributed by atoms with Crippen molar-refractivity contribution in [2.45, 2.75) is 163 Å². The van der Waals surface area contributed by atoms with Crippen LogP contribution in [0.5, 0.6) is 0 Å². The van der Waals surface area contributed by atoms with Gasteiger partial charge in [0.05, 0.1) is 5.00 Å². The molecule has 0 N–H and O–H groups in total. The molecule has 5 aromatic carbocycles. The zero-order chi connectivity index (χ0) is 44.1. The summed E-state index contributed by atoms with van der Waals surface area (Å²) in [7, 11) is 0. The fourth-order valence-corrected chi connectivity index (χ4v) is 11.7. The molecule has 0 spiro atoms. The van der Waals surface area contributed by atoms with E-state index in [4.69, 9.17) is 0 Å². The minimum absolute atomic E-state index is 0.0111. The highest BCUT2D eigenvalue weighted by Crippen LogP contribution is 2.52. The lowest BCUT2D eigenvalue weighted by atomic mass is 9.33. The zero-order valence-corrected chi connectivity index (χ0v) is 41.2. The minimum Gasteiger partial charge on any atom is -0.311 e. The number of anilines is 6. The Labute approximate surface area is 372 Å². The molecule has 0 fully saturated rings. The Morgan fingerprint density at radius 3 is 1.54 bits per heavy atom. The molecule has 0 radical (unpaired) electrons. The van der Waals surface area contributed by atoms with Crippen LogP contribution >= 0.6 is 11.3 Å². The monoisotopic (exact) mass is 825 g/mol. The summed E-state index contributed by atoms with van der Waals surface area (Å²) >= 11 is 2.01. The molecule has 1 aliphatic carbocycles. The third kappa shape index (κ3) is 6.81. The fraction of sp³-hybridized carbons (Fsp3) is 0.439. The van der Waals surface area contributed by atoms with Crippen molar-refractivity contribution in [2.75, 3.05) is 9.80 Å². The third-order valence-corrected chi connectivity index (χ3v) is 15.7. The molecule has 0 amide bonds. The predicted octanol–water partition coefficient (Wildman–Crippen LogP) is 14.8. The molecule has 316 valence electrons. The molecule has 9 rings (SSSR count). The van der Waals surface area contributed by atoms with Gasteiger partial charge in [0.2, 0.25) is 0 Å². The Hall–Kier alpha value is -4.28. The number of hydrogen-bond donors (Lipinski definition) is 0. The number of thiophene rings is 1. The summed E-state index contributed by atoms with van der Waals surface area (Å²) in [4.78, 5) is 5.30. The predicted molar refractivity (Wildman–Crippen MR) is 271 cm³/mol. The van der Waals surface area contributed by atoms with Crippen LogP contribution < -0.4 is 26.2 Å². The lowest BCUT2D eigenvalue weighted by Crippen LogP contribution is -2.61. The number of hydrogen-bond acceptors (Lipinski definition) is 3. The van der Waals surface area contributed by atoms with Crippen molar-refractivity contribution in [3.8, 4) is 0 Å². The van der Waals surface area contributed by atoms with E-state index in [2.05, 4.69) is 212 Å². The minimum atomic E-state index is -0.0154. The van der Waals surface area contributed by atoms with Gasteiger partial charge in [-0.15, -0.1) is 11.3 Å². The lowest BCUT2D eigenvalue weighted by molar-refractivity contribution is 0.332. The van der Waals surface area contributed by atoms with E-state index in [9.17, 15) is 0 Å². The van der Waals surface area contributed by atoms with Gasteiger partial charge in [0, 0.05) is 33.1 Å². The molecule has 0 saturated carbocycles. The highest BCUT2D eigenvalue weighted by molar-refractivity contribution is 7.26. The Bertz CT molecular complexity index is 2720. The Balaban J connectivity index is 1.42.